The van der Waals surface area contributed by atoms with Crippen LogP contribution in [0.3, 0.4) is 0 Å². The molecule has 0 unspecified atom stereocenters. The summed E-state index contributed by atoms with van der Waals surface area (Å²) in [5.41, 5.74) is 8.76. The predicted octanol–water partition coefficient (Wildman–Crippen LogP) is 6.11. The number of carbonyl (C=O) groups is 1. The third-order valence-corrected chi connectivity index (χ3v) is 6.01. The molecule has 2 heterocycles. The van der Waals surface area contributed by atoms with Gasteiger partial charge in [0.1, 0.15) is 15.5 Å². The molecule has 0 radical (unpaired) electrons. The minimum absolute atomic E-state index is 0.349. The van der Waals surface area contributed by atoms with E-state index < -0.39 is 0 Å². The Labute approximate surface area is 181 Å². The van der Waals surface area contributed by atoms with Crippen LogP contribution in [0, 0.1) is 0 Å². The molecule has 3 N–H and O–H groups in total. The number of pyridine rings is 1. The molecule has 0 spiro atoms. The van der Waals surface area contributed by atoms with Gasteiger partial charge in [0.15, 0.2) is 0 Å². The quantitative estimate of drug-likeness (QED) is 0.398. The molecule has 0 saturated carbocycles. The topological polar surface area (TPSA) is 77.2 Å². The first-order valence-corrected chi connectivity index (χ1v) is 10.1. The van der Waals surface area contributed by atoms with Crippen LogP contribution in [0.15, 0.2) is 54.6 Å². The first-order valence-electron chi connectivity index (χ1n) is 8.56. The summed E-state index contributed by atoms with van der Waals surface area (Å²) in [6.45, 7) is 0. The highest BCUT2D eigenvalue weighted by atomic mass is 35.5. The van der Waals surface area contributed by atoms with E-state index in [-0.39, 0.29) is 5.91 Å². The summed E-state index contributed by atoms with van der Waals surface area (Å²) in [6, 6.07) is 16.2. The van der Waals surface area contributed by atoms with Gasteiger partial charge >= 0.3 is 0 Å². The Hall–Kier alpha value is -2.80. The normalized spacial score (nSPS) is 10.9. The number of nitrogens with two attached hydrogens (primary N) is 1. The second-order valence-electron chi connectivity index (χ2n) is 6.20. The van der Waals surface area contributed by atoms with Crippen LogP contribution in [0.5, 0.6) is 5.75 Å². The van der Waals surface area contributed by atoms with Crippen molar-refractivity contribution in [1.82, 2.24) is 4.98 Å². The van der Waals surface area contributed by atoms with Crippen molar-refractivity contribution in [2.45, 2.75) is 0 Å². The van der Waals surface area contributed by atoms with Crippen molar-refractivity contribution in [3.63, 3.8) is 0 Å². The number of ether oxygens (including phenoxy) is 1. The number of carbonyl (C=O) groups excluding carboxylic acids is 1. The zero-order valence-corrected chi connectivity index (χ0v) is 17.5. The molecule has 1 amide bonds. The number of amides is 1. The number of benzene rings is 2. The van der Waals surface area contributed by atoms with Crippen LogP contribution < -0.4 is 15.8 Å². The minimum atomic E-state index is -0.349. The molecule has 8 heteroatoms. The maximum absolute atomic E-state index is 12.8. The highest BCUT2D eigenvalue weighted by Gasteiger charge is 2.19. The molecule has 0 saturated heterocycles. The number of methoxy groups -OCH3 is 1. The Kier molecular flexibility index (Phi) is 5.32. The van der Waals surface area contributed by atoms with Crippen molar-refractivity contribution >= 4 is 62.0 Å². The van der Waals surface area contributed by atoms with Crippen LogP contribution >= 0.6 is 34.5 Å². The SMILES string of the molecule is COc1cccc(-c2ccc3c(N)c(C(=O)Nc4ccc(Cl)cc4Cl)sc3n2)c1. The third-order valence-electron chi connectivity index (χ3n) is 4.34. The van der Waals surface area contributed by atoms with Crippen LogP contribution in [0.4, 0.5) is 11.4 Å². The summed E-state index contributed by atoms with van der Waals surface area (Å²) in [5.74, 6) is 0.396. The van der Waals surface area contributed by atoms with Crippen LogP contribution in [-0.2, 0) is 0 Å². The minimum Gasteiger partial charge on any atom is -0.497 e. The van der Waals surface area contributed by atoms with E-state index in [9.17, 15) is 4.79 Å². The van der Waals surface area contributed by atoms with Gasteiger partial charge in [-0.15, -0.1) is 11.3 Å². The zero-order valence-electron chi connectivity index (χ0n) is 15.2. The fourth-order valence-corrected chi connectivity index (χ4v) is 4.32. The Morgan fingerprint density at radius 1 is 1.14 bits per heavy atom. The average Bonchev–Trinajstić information content (AvgIpc) is 3.06. The lowest BCUT2D eigenvalue weighted by molar-refractivity contribution is 0.103. The molecule has 0 fully saturated rings. The number of hydrogen-bond donors (Lipinski definition) is 2. The van der Waals surface area contributed by atoms with Crippen LogP contribution in [-0.4, -0.2) is 18.0 Å². The van der Waals surface area contributed by atoms with Crippen molar-refractivity contribution in [1.29, 1.82) is 0 Å². The molecule has 5 nitrogen and oxygen atoms in total. The zero-order chi connectivity index (χ0) is 20.5. The molecule has 2 aromatic carbocycles. The van der Waals surface area contributed by atoms with Gasteiger partial charge in [0, 0.05) is 16.0 Å². The first-order chi connectivity index (χ1) is 14.0. The number of rotatable bonds is 4. The van der Waals surface area contributed by atoms with E-state index in [2.05, 4.69) is 10.3 Å². The number of thiophene rings is 1. The van der Waals surface area contributed by atoms with Crippen molar-refractivity contribution < 1.29 is 9.53 Å². The number of nitrogen functional groups attached to an aromatic ring is 1. The molecule has 4 aromatic rings. The van der Waals surface area contributed by atoms with Gasteiger partial charge in [-0.1, -0.05) is 35.3 Å². The highest BCUT2D eigenvalue weighted by Crippen LogP contribution is 2.35. The summed E-state index contributed by atoms with van der Waals surface area (Å²) in [5, 5.41) is 4.34. The summed E-state index contributed by atoms with van der Waals surface area (Å²) in [6.07, 6.45) is 0. The van der Waals surface area contributed by atoms with Crippen molar-refractivity contribution in [3.8, 4) is 17.0 Å². The molecule has 2 aromatic heterocycles. The molecule has 29 heavy (non-hydrogen) atoms. The molecule has 0 atom stereocenters. The smallest absolute Gasteiger partial charge is 0.267 e. The number of anilines is 2. The second kappa shape index (κ2) is 7.91. The lowest BCUT2D eigenvalue weighted by Crippen LogP contribution is -2.12. The van der Waals surface area contributed by atoms with Crippen molar-refractivity contribution in [3.05, 3.63) is 69.5 Å². The molecule has 4 rings (SSSR count). The van der Waals surface area contributed by atoms with E-state index in [0.29, 0.717) is 31.1 Å². The van der Waals surface area contributed by atoms with E-state index in [0.717, 1.165) is 22.4 Å². The lowest BCUT2D eigenvalue weighted by atomic mass is 10.1. The van der Waals surface area contributed by atoms with Gasteiger partial charge in [-0.3, -0.25) is 4.79 Å². The standard InChI is InChI=1S/C21H15Cl2N3O2S/c1-28-13-4-2-3-11(9-13)16-8-6-14-18(24)19(29-21(14)26-16)20(27)25-17-7-5-12(22)10-15(17)23/h2-10H,24H2,1H3,(H,25,27). The van der Waals surface area contributed by atoms with E-state index in [1.165, 1.54) is 11.3 Å². The molecule has 0 aliphatic carbocycles. The summed E-state index contributed by atoms with van der Waals surface area (Å²) in [4.78, 5) is 18.5. The van der Waals surface area contributed by atoms with E-state index in [4.69, 9.17) is 33.7 Å². The first kappa shape index (κ1) is 19.5. The van der Waals surface area contributed by atoms with E-state index in [1.54, 1.807) is 25.3 Å². The molecule has 146 valence electrons. The Bertz CT molecular complexity index is 1240. The molecule has 0 bridgehead atoms. The maximum atomic E-state index is 12.8. The number of aromatic nitrogens is 1. The van der Waals surface area contributed by atoms with Crippen LogP contribution in [0.1, 0.15) is 9.67 Å². The Morgan fingerprint density at radius 2 is 1.97 bits per heavy atom. The molecule has 0 aliphatic heterocycles. The van der Waals surface area contributed by atoms with Crippen LogP contribution in [0.2, 0.25) is 10.0 Å². The Balaban J connectivity index is 1.68. The molecular formula is C21H15Cl2N3O2S. The molecule has 0 aliphatic rings. The lowest BCUT2D eigenvalue weighted by Gasteiger charge is -2.06. The number of nitrogens with one attached hydrogen (secondary N) is 1. The second-order valence-corrected chi connectivity index (χ2v) is 8.05. The number of halogens is 2. The third kappa shape index (κ3) is 3.87. The number of fused-ring (bicyclic) bond motifs is 1. The van der Waals surface area contributed by atoms with Gasteiger partial charge in [-0.2, -0.15) is 0 Å². The number of nitrogens with zero attached hydrogens (tertiary/aromatic N) is 1. The van der Waals surface area contributed by atoms with E-state index in [1.807, 2.05) is 36.4 Å². The summed E-state index contributed by atoms with van der Waals surface area (Å²) in [7, 11) is 1.62. The van der Waals surface area contributed by atoms with Gasteiger partial charge in [-0.05, 0) is 42.5 Å². The van der Waals surface area contributed by atoms with Gasteiger partial charge in [-0.25, -0.2) is 4.98 Å². The van der Waals surface area contributed by atoms with E-state index >= 15 is 0 Å². The number of hydrogen-bond acceptors (Lipinski definition) is 5. The van der Waals surface area contributed by atoms with Gasteiger partial charge in [0.25, 0.3) is 5.91 Å². The van der Waals surface area contributed by atoms with Gasteiger partial charge in [0.05, 0.1) is 29.2 Å². The molecular weight excluding hydrogens is 429 g/mol. The highest BCUT2D eigenvalue weighted by molar-refractivity contribution is 7.21. The summed E-state index contributed by atoms with van der Waals surface area (Å²) < 4.78 is 5.27. The average molecular weight is 444 g/mol. The fourth-order valence-electron chi connectivity index (χ4n) is 2.88. The van der Waals surface area contributed by atoms with Crippen LogP contribution in [0.25, 0.3) is 21.5 Å². The van der Waals surface area contributed by atoms with Crippen molar-refractivity contribution in [2.75, 3.05) is 18.2 Å². The van der Waals surface area contributed by atoms with Gasteiger partial charge < -0.3 is 15.8 Å². The maximum Gasteiger partial charge on any atom is 0.267 e. The largest absolute Gasteiger partial charge is 0.497 e. The Morgan fingerprint density at radius 3 is 2.72 bits per heavy atom. The summed E-state index contributed by atoms with van der Waals surface area (Å²) >= 11 is 13.3. The predicted molar refractivity (Wildman–Crippen MR) is 120 cm³/mol. The van der Waals surface area contributed by atoms with Gasteiger partial charge in [0.2, 0.25) is 0 Å². The monoisotopic (exact) mass is 443 g/mol. The van der Waals surface area contributed by atoms with Crippen molar-refractivity contribution in [2.24, 2.45) is 0 Å². The fraction of sp³-hybridized carbons (Fsp3) is 0.0476.